The molecule has 2 nitrogen and oxygen atoms in total. The van der Waals surface area contributed by atoms with E-state index < -0.39 is 0 Å². The molecule has 4 heteroatoms. The molecule has 0 saturated carbocycles. The standard InChI is InChI=1S/C13H12N2S2/c1-8-12(14-2)17-13(15-8)10-7-16-11-6-4-3-5-9(10)11/h3-7,14H,1-2H3. The fraction of sp³-hybridized carbons (Fsp3) is 0.154. The van der Waals surface area contributed by atoms with Gasteiger partial charge in [-0.2, -0.15) is 0 Å². The Morgan fingerprint density at radius 3 is 2.82 bits per heavy atom. The minimum absolute atomic E-state index is 1.07. The van der Waals surface area contributed by atoms with Crippen molar-refractivity contribution < 1.29 is 0 Å². The van der Waals surface area contributed by atoms with Gasteiger partial charge in [-0.1, -0.05) is 29.5 Å². The van der Waals surface area contributed by atoms with Gasteiger partial charge >= 0.3 is 0 Å². The molecule has 0 aliphatic carbocycles. The fourth-order valence-corrected chi connectivity index (χ4v) is 3.86. The van der Waals surface area contributed by atoms with Crippen LogP contribution in [0.4, 0.5) is 5.00 Å². The number of thiazole rings is 1. The van der Waals surface area contributed by atoms with Gasteiger partial charge in [0.05, 0.1) is 5.69 Å². The molecule has 1 aromatic carbocycles. The van der Waals surface area contributed by atoms with Gasteiger partial charge in [0.25, 0.3) is 0 Å². The molecular weight excluding hydrogens is 248 g/mol. The van der Waals surface area contributed by atoms with Crippen LogP contribution in [-0.4, -0.2) is 12.0 Å². The highest BCUT2D eigenvalue weighted by Crippen LogP contribution is 2.38. The molecule has 86 valence electrons. The smallest absolute Gasteiger partial charge is 0.127 e. The van der Waals surface area contributed by atoms with Gasteiger partial charge in [-0.05, 0) is 13.0 Å². The number of benzene rings is 1. The molecule has 0 aliphatic heterocycles. The van der Waals surface area contributed by atoms with Crippen molar-refractivity contribution in [3.63, 3.8) is 0 Å². The highest BCUT2D eigenvalue weighted by atomic mass is 32.1. The molecule has 0 atom stereocenters. The van der Waals surface area contributed by atoms with Crippen LogP contribution in [0.3, 0.4) is 0 Å². The quantitative estimate of drug-likeness (QED) is 0.740. The third-order valence-electron chi connectivity index (χ3n) is 2.74. The van der Waals surface area contributed by atoms with Crippen LogP contribution in [0.25, 0.3) is 20.7 Å². The molecule has 3 rings (SSSR count). The molecule has 0 aliphatic rings. The van der Waals surface area contributed by atoms with Crippen LogP contribution in [0, 0.1) is 6.92 Å². The first-order valence-corrected chi connectivity index (χ1v) is 7.11. The number of hydrogen-bond acceptors (Lipinski definition) is 4. The molecule has 0 fully saturated rings. The van der Waals surface area contributed by atoms with Crippen LogP contribution in [0.5, 0.6) is 0 Å². The lowest BCUT2D eigenvalue weighted by Gasteiger charge is -1.93. The number of anilines is 1. The van der Waals surface area contributed by atoms with Crippen LogP contribution < -0.4 is 5.32 Å². The Labute approximate surface area is 108 Å². The number of nitrogens with zero attached hydrogens (tertiary/aromatic N) is 1. The van der Waals surface area contributed by atoms with Crippen LogP contribution >= 0.6 is 22.7 Å². The Morgan fingerprint density at radius 1 is 1.24 bits per heavy atom. The summed E-state index contributed by atoms with van der Waals surface area (Å²) in [6.07, 6.45) is 0. The summed E-state index contributed by atoms with van der Waals surface area (Å²) in [4.78, 5) is 4.64. The number of hydrogen-bond donors (Lipinski definition) is 1. The zero-order valence-corrected chi connectivity index (χ0v) is 11.3. The summed E-state index contributed by atoms with van der Waals surface area (Å²) in [5.41, 5.74) is 2.32. The van der Waals surface area contributed by atoms with Crippen LogP contribution in [-0.2, 0) is 0 Å². The lowest BCUT2D eigenvalue weighted by molar-refractivity contribution is 1.26. The van der Waals surface area contributed by atoms with E-state index in [1.54, 1.807) is 22.7 Å². The third-order valence-corrected chi connectivity index (χ3v) is 4.91. The number of nitrogens with one attached hydrogen (secondary N) is 1. The summed E-state index contributed by atoms with van der Waals surface area (Å²) >= 11 is 3.49. The van der Waals surface area contributed by atoms with Crippen molar-refractivity contribution in [1.29, 1.82) is 0 Å². The number of aryl methyl sites for hydroxylation is 1. The first kappa shape index (κ1) is 10.7. The third kappa shape index (κ3) is 1.73. The maximum absolute atomic E-state index is 4.64. The van der Waals surface area contributed by atoms with E-state index in [0.29, 0.717) is 0 Å². The SMILES string of the molecule is CNc1sc(-c2csc3ccccc23)nc1C. The molecule has 0 unspecified atom stereocenters. The molecule has 1 N–H and O–H groups in total. The maximum atomic E-state index is 4.64. The highest BCUT2D eigenvalue weighted by molar-refractivity contribution is 7.21. The number of rotatable bonds is 2. The Balaban J connectivity index is 2.20. The predicted octanol–water partition coefficient (Wildman–Crippen LogP) is 4.37. The van der Waals surface area contributed by atoms with E-state index in [-0.39, 0.29) is 0 Å². The highest BCUT2D eigenvalue weighted by Gasteiger charge is 2.12. The first-order chi connectivity index (χ1) is 8.29. The number of aromatic nitrogens is 1. The monoisotopic (exact) mass is 260 g/mol. The van der Waals surface area contributed by atoms with Gasteiger partial charge in [-0.25, -0.2) is 4.98 Å². The summed E-state index contributed by atoms with van der Waals surface area (Å²) in [6.45, 7) is 2.04. The molecule has 0 saturated heterocycles. The van der Waals surface area contributed by atoms with Crippen molar-refractivity contribution in [3.05, 3.63) is 35.3 Å². The van der Waals surface area contributed by atoms with E-state index >= 15 is 0 Å². The van der Waals surface area contributed by atoms with E-state index in [1.807, 2.05) is 14.0 Å². The van der Waals surface area contributed by atoms with Crippen molar-refractivity contribution in [1.82, 2.24) is 4.98 Å². The van der Waals surface area contributed by atoms with Crippen LogP contribution in [0.1, 0.15) is 5.69 Å². The van der Waals surface area contributed by atoms with E-state index in [4.69, 9.17) is 0 Å². The van der Waals surface area contributed by atoms with Gasteiger partial charge in [0, 0.05) is 28.1 Å². The minimum atomic E-state index is 1.07. The molecule has 0 radical (unpaired) electrons. The van der Waals surface area contributed by atoms with Crippen molar-refractivity contribution in [2.45, 2.75) is 6.92 Å². The molecule has 0 spiro atoms. The summed E-state index contributed by atoms with van der Waals surface area (Å²) in [5, 5.41) is 8.93. The molecule has 0 amide bonds. The molecule has 2 aromatic heterocycles. The molecule has 0 bridgehead atoms. The van der Waals surface area contributed by atoms with Crippen LogP contribution in [0.2, 0.25) is 0 Å². The largest absolute Gasteiger partial charge is 0.378 e. The van der Waals surface area contributed by atoms with E-state index in [2.05, 4.69) is 39.9 Å². The molecule has 3 aromatic rings. The Hall–Kier alpha value is -1.39. The summed E-state index contributed by atoms with van der Waals surface area (Å²) < 4.78 is 1.32. The fourth-order valence-electron chi connectivity index (χ4n) is 1.89. The van der Waals surface area contributed by atoms with Crippen molar-refractivity contribution >= 4 is 37.8 Å². The van der Waals surface area contributed by atoms with Gasteiger partial charge < -0.3 is 5.32 Å². The van der Waals surface area contributed by atoms with E-state index in [1.165, 1.54) is 15.6 Å². The van der Waals surface area contributed by atoms with Crippen molar-refractivity contribution in [2.75, 3.05) is 12.4 Å². The first-order valence-electron chi connectivity index (χ1n) is 5.41. The zero-order valence-electron chi connectivity index (χ0n) is 9.65. The number of thiophene rings is 1. The summed E-state index contributed by atoms with van der Waals surface area (Å²) in [6, 6.07) is 8.48. The second kappa shape index (κ2) is 4.13. The Kier molecular flexibility index (Phi) is 2.61. The lowest BCUT2D eigenvalue weighted by atomic mass is 10.2. The van der Waals surface area contributed by atoms with Crippen molar-refractivity contribution in [3.8, 4) is 10.6 Å². The number of fused-ring (bicyclic) bond motifs is 1. The van der Waals surface area contributed by atoms with Gasteiger partial charge in [-0.3, -0.25) is 0 Å². The minimum Gasteiger partial charge on any atom is -0.378 e. The molecular formula is C13H12N2S2. The summed E-state index contributed by atoms with van der Waals surface area (Å²) in [7, 11) is 1.94. The predicted molar refractivity (Wildman–Crippen MR) is 77.2 cm³/mol. The molecule has 17 heavy (non-hydrogen) atoms. The van der Waals surface area contributed by atoms with Gasteiger partial charge in [0.1, 0.15) is 10.0 Å². The lowest BCUT2D eigenvalue weighted by Crippen LogP contribution is -1.85. The van der Waals surface area contributed by atoms with E-state index in [0.717, 1.165) is 15.7 Å². The summed E-state index contributed by atoms with van der Waals surface area (Å²) in [5.74, 6) is 0. The normalized spacial score (nSPS) is 10.9. The van der Waals surface area contributed by atoms with E-state index in [9.17, 15) is 0 Å². The van der Waals surface area contributed by atoms with Crippen molar-refractivity contribution in [2.24, 2.45) is 0 Å². The Bertz CT molecular complexity index is 667. The zero-order chi connectivity index (χ0) is 11.8. The van der Waals surface area contributed by atoms with Gasteiger partial charge in [-0.15, -0.1) is 11.3 Å². The maximum Gasteiger partial charge on any atom is 0.127 e. The molecule has 2 heterocycles. The average Bonchev–Trinajstić information content (AvgIpc) is 2.92. The second-order valence-corrected chi connectivity index (χ2v) is 5.74. The average molecular weight is 260 g/mol. The van der Waals surface area contributed by atoms with Gasteiger partial charge in [0.15, 0.2) is 0 Å². The van der Waals surface area contributed by atoms with Gasteiger partial charge in [0.2, 0.25) is 0 Å². The van der Waals surface area contributed by atoms with Crippen LogP contribution in [0.15, 0.2) is 29.6 Å². The second-order valence-electron chi connectivity index (χ2n) is 3.83. The topological polar surface area (TPSA) is 24.9 Å². The Morgan fingerprint density at radius 2 is 2.06 bits per heavy atom.